The monoisotopic (exact) mass is 695 g/mol. The van der Waals surface area contributed by atoms with Crippen LogP contribution in [0, 0.1) is 6.92 Å². The number of nitrogens with one attached hydrogen (secondary N) is 2. The van der Waals surface area contributed by atoms with Crippen molar-refractivity contribution in [2.75, 3.05) is 54.1 Å². The van der Waals surface area contributed by atoms with E-state index in [0.717, 1.165) is 53.9 Å². The summed E-state index contributed by atoms with van der Waals surface area (Å²) in [6, 6.07) is 23.7. The van der Waals surface area contributed by atoms with Gasteiger partial charge < -0.3 is 43.0 Å². The van der Waals surface area contributed by atoms with E-state index in [1.54, 1.807) is 35.5 Å². The highest BCUT2D eigenvalue weighted by molar-refractivity contribution is 5.72. The Balaban J connectivity index is 0.999. The Morgan fingerprint density at radius 3 is 2.04 bits per heavy atom. The molecule has 4 aromatic carbocycles. The van der Waals surface area contributed by atoms with Gasteiger partial charge in [0.1, 0.15) is 11.9 Å². The molecule has 1 aliphatic rings. The van der Waals surface area contributed by atoms with Gasteiger partial charge >= 0.3 is 0 Å². The molecular weight excluding hydrogens is 650 g/mol. The first kappa shape index (κ1) is 35.3. The highest BCUT2D eigenvalue weighted by atomic mass is 16.5. The standard InChI is InChI=1S/C40H45N3O8/c1-25-10-13-30-29(18-25)24-41-40(42-30)27-12-15-33(35(20-27)45-3)49-16-8-7-9-17-50-36-19-26(11-14-32(36)44-2)31-23-34(51-43-31)28-21-37(46-4)39(48-6)38(22-28)47-5/h10-15,18-23,40-42H,7-9,16-17,24H2,1-6H3. The zero-order chi connectivity index (χ0) is 35.7. The minimum Gasteiger partial charge on any atom is -0.493 e. The molecule has 1 atom stereocenters. The van der Waals surface area contributed by atoms with Gasteiger partial charge in [-0.15, -0.1) is 0 Å². The second-order valence-electron chi connectivity index (χ2n) is 12.1. The van der Waals surface area contributed by atoms with Gasteiger partial charge in [-0.3, -0.25) is 5.32 Å². The number of fused-ring (bicyclic) bond motifs is 1. The Kier molecular flexibility index (Phi) is 11.4. The predicted molar refractivity (Wildman–Crippen MR) is 196 cm³/mol. The predicted octanol–water partition coefficient (Wildman–Crippen LogP) is 8.20. The smallest absolute Gasteiger partial charge is 0.203 e. The number of rotatable bonds is 16. The van der Waals surface area contributed by atoms with Crippen molar-refractivity contribution >= 4 is 5.69 Å². The number of aryl methyl sites for hydroxylation is 1. The second kappa shape index (κ2) is 16.4. The number of unbranched alkanes of at least 4 members (excludes halogenated alkanes) is 2. The highest BCUT2D eigenvalue weighted by Crippen LogP contribution is 2.42. The molecule has 1 aliphatic heterocycles. The summed E-state index contributed by atoms with van der Waals surface area (Å²) in [5, 5.41) is 11.5. The van der Waals surface area contributed by atoms with Crippen molar-refractivity contribution in [1.29, 1.82) is 0 Å². The molecule has 5 aromatic rings. The highest BCUT2D eigenvalue weighted by Gasteiger charge is 2.21. The van der Waals surface area contributed by atoms with Gasteiger partial charge in [0.2, 0.25) is 5.75 Å². The third-order valence-corrected chi connectivity index (χ3v) is 8.80. The summed E-state index contributed by atoms with van der Waals surface area (Å²) >= 11 is 0. The third kappa shape index (κ3) is 8.10. The summed E-state index contributed by atoms with van der Waals surface area (Å²) < 4.78 is 45.7. The zero-order valence-electron chi connectivity index (χ0n) is 30.0. The molecule has 1 unspecified atom stereocenters. The normalized spacial score (nSPS) is 13.5. The first-order valence-corrected chi connectivity index (χ1v) is 16.9. The Labute approximate surface area is 298 Å². The van der Waals surface area contributed by atoms with E-state index in [-0.39, 0.29) is 6.17 Å². The molecule has 0 saturated heterocycles. The van der Waals surface area contributed by atoms with Gasteiger partial charge in [0.25, 0.3) is 0 Å². The molecule has 0 radical (unpaired) electrons. The Bertz CT molecular complexity index is 1920. The number of benzene rings is 4. The van der Waals surface area contributed by atoms with Gasteiger partial charge in [-0.2, -0.15) is 0 Å². The first-order valence-electron chi connectivity index (χ1n) is 16.9. The maximum atomic E-state index is 6.16. The number of ether oxygens (including phenoxy) is 7. The van der Waals surface area contributed by atoms with Crippen LogP contribution in [0.1, 0.15) is 42.1 Å². The topological polar surface area (TPSA) is 115 Å². The minimum atomic E-state index is -0.00973. The van der Waals surface area contributed by atoms with E-state index in [2.05, 4.69) is 47.0 Å². The molecular formula is C40H45N3O8. The van der Waals surface area contributed by atoms with Crippen LogP contribution in [0.15, 0.2) is 77.3 Å². The molecule has 0 fully saturated rings. The average Bonchev–Trinajstić information content (AvgIpc) is 3.67. The molecule has 0 aliphatic carbocycles. The molecule has 11 nitrogen and oxygen atoms in total. The molecule has 6 rings (SSSR count). The summed E-state index contributed by atoms with van der Waals surface area (Å²) in [5.41, 5.74) is 6.98. The second-order valence-corrected chi connectivity index (χ2v) is 12.1. The van der Waals surface area contributed by atoms with E-state index < -0.39 is 0 Å². The van der Waals surface area contributed by atoms with Crippen LogP contribution >= 0.6 is 0 Å². The van der Waals surface area contributed by atoms with Gasteiger partial charge in [0, 0.05) is 29.4 Å². The SMILES string of the molecule is COc1cc(C2NCc3cc(C)ccc3N2)ccc1OCCCCCOc1cc(-c2cc(-c3cc(OC)c(OC)c(OC)c3)on2)ccc1OC. The van der Waals surface area contributed by atoms with Gasteiger partial charge in [-0.05, 0) is 85.8 Å². The lowest BCUT2D eigenvalue weighted by atomic mass is 10.0. The fraction of sp³-hybridized carbons (Fsp3) is 0.325. The molecule has 1 aromatic heterocycles. The van der Waals surface area contributed by atoms with E-state index in [0.29, 0.717) is 59.2 Å². The summed E-state index contributed by atoms with van der Waals surface area (Å²) in [4.78, 5) is 0. The van der Waals surface area contributed by atoms with Crippen LogP contribution in [0.25, 0.3) is 22.6 Å². The van der Waals surface area contributed by atoms with E-state index in [1.165, 1.54) is 11.1 Å². The van der Waals surface area contributed by atoms with Crippen molar-refractivity contribution in [3.63, 3.8) is 0 Å². The van der Waals surface area contributed by atoms with Crippen molar-refractivity contribution in [1.82, 2.24) is 10.5 Å². The summed E-state index contributed by atoms with van der Waals surface area (Å²) in [5.74, 6) is 4.83. The van der Waals surface area contributed by atoms with Crippen LogP contribution in [0.2, 0.25) is 0 Å². The van der Waals surface area contributed by atoms with Crippen molar-refractivity contribution in [2.45, 2.75) is 38.9 Å². The van der Waals surface area contributed by atoms with Crippen LogP contribution in [-0.4, -0.2) is 53.9 Å². The molecule has 51 heavy (non-hydrogen) atoms. The number of aromatic nitrogens is 1. The number of anilines is 1. The maximum Gasteiger partial charge on any atom is 0.203 e. The van der Waals surface area contributed by atoms with Gasteiger partial charge in [0.15, 0.2) is 40.3 Å². The lowest BCUT2D eigenvalue weighted by molar-refractivity contribution is 0.264. The van der Waals surface area contributed by atoms with E-state index in [4.69, 9.17) is 37.7 Å². The van der Waals surface area contributed by atoms with Crippen LogP contribution < -0.4 is 43.8 Å². The van der Waals surface area contributed by atoms with Crippen LogP contribution in [0.5, 0.6) is 40.2 Å². The van der Waals surface area contributed by atoms with E-state index >= 15 is 0 Å². The third-order valence-electron chi connectivity index (χ3n) is 8.80. The van der Waals surface area contributed by atoms with E-state index in [9.17, 15) is 0 Å². The Morgan fingerprint density at radius 1 is 0.647 bits per heavy atom. The van der Waals surface area contributed by atoms with Crippen LogP contribution in [0.3, 0.4) is 0 Å². The average molecular weight is 696 g/mol. The zero-order valence-corrected chi connectivity index (χ0v) is 30.0. The van der Waals surface area contributed by atoms with Gasteiger partial charge in [0.05, 0.1) is 48.8 Å². The fourth-order valence-electron chi connectivity index (χ4n) is 6.08. The molecule has 0 amide bonds. The molecule has 0 bridgehead atoms. The summed E-state index contributed by atoms with van der Waals surface area (Å²) in [6.45, 7) is 4.01. The number of hydrogen-bond donors (Lipinski definition) is 2. The number of hydrogen-bond acceptors (Lipinski definition) is 11. The molecule has 0 spiro atoms. The fourth-order valence-corrected chi connectivity index (χ4v) is 6.08. The molecule has 11 heteroatoms. The molecule has 268 valence electrons. The number of nitrogens with zero attached hydrogens (tertiary/aromatic N) is 1. The van der Waals surface area contributed by atoms with Gasteiger partial charge in [-0.25, -0.2) is 0 Å². The van der Waals surface area contributed by atoms with E-state index in [1.807, 2.05) is 48.5 Å². The quantitative estimate of drug-likeness (QED) is 0.0974. The maximum absolute atomic E-state index is 6.16. The van der Waals surface area contributed by atoms with Crippen LogP contribution in [0.4, 0.5) is 5.69 Å². The molecule has 2 heterocycles. The number of methoxy groups -OCH3 is 5. The Morgan fingerprint density at radius 2 is 1.33 bits per heavy atom. The lowest BCUT2D eigenvalue weighted by Crippen LogP contribution is -2.32. The minimum absolute atomic E-state index is 0.00973. The Hall–Kier alpha value is -5.55. The van der Waals surface area contributed by atoms with Crippen molar-refractivity contribution < 1.29 is 37.7 Å². The van der Waals surface area contributed by atoms with Crippen molar-refractivity contribution in [3.05, 3.63) is 89.5 Å². The summed E-state index contributed by atoms with van der Waals surface area (Å²) in [6.07, 6.45) is 2.64. The first-order chi connectivity index (χ1) is 24.9. The van der Waals surface area contributed by atoms with Crippen molar-refractivity contribution in [2.24, 2.45) is 0 Å². The molecule has 2 N–H and O–H groups in total. The van der Waals surface area contributed by atoms with Crippen molar-refractivity contribution in [3.8, 4) is 62.8 Å². The largest absolute Gasteiger partial charge is 0.493 e. The summed E-state index contributed by atoms with van der Waals surface area (Å²) in [7, 11) is 8.01. The van der Waals surface area contributed by atoms with Crippen LogP contribution in [-0.2, 0) is 6.54 Å². The van der Waals surface area contributed by atoms with Gasteiger partial charge in [-0.1, -0.05) is 28.9 Å². The lowest BCUT2D eigenvalue weighted by Gasteiger charge is -2.29. The molecule has 0 saturated carbocycles.